The van der Waals surface area contributed by atoms with E-state index < -0.39 is 57.2 Å². The fourth-order valence-electron chi connectivity index (χ4n) is 2.46. The summed E-state index contributed by atoms with van der Waals surface area (Å²) in [6.07, 6.45) is -12.7. The van der Waals surface area contributed by atoms with Crippen molar-refractivity contribution >= 4 is 45.5 Å². The van der Waals surface area contributed by atoms with Gasteiger partial charge in [-0.05, 0) is 16.8 Å². The smallest absolute Gasteiger partial charge is 0.296 e. The monoisotopic (exact) mass is 466 g/mol. The summed E-state index contributed by atoms with van der Waals surface area (Å²) in [4.78, 5) is 0. The van der Waals surface area contributed by atoms with Gasteiger partial charge in [0.1, 0.15) is 0 Å². The van der Waals surface area contributed by atoms with Crippen molar-refractivity contribution in [2.24, 2.45) is 0 Å². The zero-order chi connectivity index (χ0) is 20.1. The minimum absolute atomic E-state index is 0.0400. The first kappa shape index (κ1) is 21.5. The maximum absolute atomic E-state index is 14.0. The summed E-state index contributed by atoms with van der Waals surface area (Å²) in [5.41, 5.74) is -4.73. The first-order valence-corrected chi connectivity index (χ1v) is 11.3. The zero-order valence-electron chi connectivity index (χ0n) is 12.3. The number of rotatable bonds is 3. The highest BCUT2D eigenvalue weighted by Gasteiger charge is 2.66. The van der Waals surface area contributed by atoms with Gasteiger partial charge < -0.3 is 0 Å². The molecule has 140 valence electrons. The summed E-state index contributed by atoms with van der Waals surface area (Å²) in [6, 6.07) is 4.67. The Morgan fingerprint density at radius 1 is 0.731 bits per heavy atom. The van der Waals surface area contributed by atoms with E-state index in [1.54, 1.807) is 0 Å². The number of halogens is 11. The Labute approximate surface area is 155 Å². The Balaban J connectivity index is 3.07. The SMILES string of the molecule is FC(F)(F)C(F)(F)c1cc2ccccc2[c]([Mg][Br])c1C(F)(F)C(F)(F)F. The third-order valence-corrected chi connectivity index (χ3v) is 6.34. The van der Waals surface area contributed by atoms with Gasteiger partial charge in [0.05, 0.1) is 0 Å². The number of alkyl halides is 10. The van der Waals surface area contributed by atoms with Gasteiger partial charge in [0, 0.05) is 11.1 Å². The van der Waals surface area contributed by atoms with Crippen molar-refractivity contribution < 1.29 is 43.9 Å². The molecule has 0 bridgehead atoms. The van der Waals surface area contributed by atoms with Gasteiger partial charge in [-0.15, -0.1) is 3.69 Å². The molecular weight excluding hydrogens is 462 g/mol. The van der Waals surface area contributed by atoms with E-state index in [0.717, 1.165) is 12.1 Å². The van der Waals surface area contributed by atoms with E-state index in [1.165, 1.54) is 12.1 Å². The molecule has 2 aromatic rings. The standard InChI is InChI=1S/C14H5F10.BrH.Mg/c15-11(16,13(19,20)21)9-5-7-3-1-2-4-8(7)6-10(9)12(17,18)14(22,23)24;;/h1-5H;1H;/q;;+1/p-1. The Bertz CT molecular complexity index is 825. The lowest BCUT2D eigenvalue weighted by Crippen LogP contribution is -2.44. The molecule has 12 heteroatoms. The maximum Gasteiger partial charge on any atom is 0.508 e. The third-order valence-electron chi connectivity index (χ3n) is 3.65. The Kier molecular flexibility index (Phi) is 5.55. The number of benzene rings is 2. The normalized spacial score (nSPS) is 13.8. The minimum atomic E-state index is -6.35. The molecule has 0 atom stereocenters. The van der Waals surface area contributed by atoms with Crippen molar-refractivity contribution in [3.05, 3.63) is 41.5 Å². The molecule has 2 rings (SSSR count). The first-order valence-electron chi connectivity index (χ1n) is 6.67. The average molecular weight is 467 g/mol. The van der Waals surface area contributed by atoms with E-state index in [9.17, 15) is 43.9 Å². The van der Waals surface area contributed by atoms with Crippen LogP contribution in [0, 0.1) is 0 Å². The number of hydrogen-bond donors (Lipinski definition) is 0. The Morgan fingerprint density at radius 2 is 1.23 bits per heavy atom. The van der Waals surface area contributed by atoms with Crippen molar-refractivity contribution in [3.63, 3.8) is 0 Å². The summed E-state index contributed by atoms with van der Waals surface area (Å²) in [6.45, 7) is 0. The van der Waals surface area contributed by atoms with E-state index in [4.69, 9.17) is 0 Å². The number of hydrogen-bond acceptors (Lipinski definition) is 0. The Morgan fingerprint density at radius 3 is 1.69 bits per heavy atom. The van der Waals surface area contributed by atoms with Gasteiger partial charge in [-0.2, -0.15) is 43.9 Å². The van der Waals surface area contributed by atoms with Gasteiger partial charge in [-0.25, -0.2) is 0 Å². The maximum atomic E-state index is 14.0. The topological polar surface area (TPSA) is 0 Å². The summed E-state index contributed by atoms with van der Waals surface area (Å²) in [5.74, 6) is -11.8. The van der Waals surface area contributed by atoms with Crippen LogP contribution < -0.4 is 3.69 Å². The highest BCUT2D eigenvalue weighted by molar-refractivity contribution is 9.23. The molecule has 0 heterocycles. The molecule has 0 radical (unpaired) electrons. The summed E-state index contributed by atoms with van der Waals surface area (Å²) >= 11 is 0.564. The second-order valence-electron chi connectivity index (χ2n) is 5.28. The van der Waals surface area contributed by atoms with Crippen LogP contribution in [0.5, 0.6) is 0 Å². The van der Waals surface area contributed by atoms with E-state index in [2.05, 4.69) is 12.9 Å². The second-order valence-corrected chi connectivity index (χ2v) is 7.93. The van der Waals surface area contributed by atoms with E-state index in [1.807, 2.05) is 0 Å². The number of fused-ring (bicyclic) bond motifs is 1. The molecule has 0 aromatic heterocycles. The Hall–Kier alpha value is -0.754. The van der Waals surface area contributed by atoms with Crippen LogP contribution in [0.4, 0.5) is 43.9 Å². The van der Waals surface area contributed by atoms with Crippen LogP contribution >= 0.6 is 12.9 Å². The first-order chi connectivity index (χ1) is 11.7. The molecule has 2 aromatic carbocycles. The van der Waals surface area contributed by atoms with Crippen LogP contribution in [0.1, 0.15) is 11.1 Å². The molecular formula is C14H5BrF10Mg. The molecule has 0 saturated heterocycles. The highest BCUT2D eigenvalue weighted by atomic mass is 79.9. The molecule has 0 unspecified atom stereocenters. The molecule has 26 heavy (non-hydrogen) atoms. The molecule has 0 aliphatic rings. The molecule has 0 aliphatic heterocycles. The lowest BCUT2D eigenvalue weighted by Gasteiger charge is -2.30. The van der Waals surface area contributed by atoms with Gasteiger partial charge in [0.15, 0.2) is 0 Å². The zero-order valence-corrected chi connectivity index (χ0v) is 15.3. The van der Waals surface area contributed by atoms with Crippen LogP contribution in [0.15, 0.2) is 30.3 Å². The van der Waals surface area contributed by atoms with Gasteiger partial charge in [0.2, 0.25) is 0 Å². The average Bonchev–Trinajstić information content (AvgIpc) is 2.50. The predicted octanol–water partition coefficient (Wildman–Crippen LogP) is 5.79. The van der Waals surface area contributed by atoms with Crippen molar-refractivity contribution in [1.82, 2.24) is 0 Å². The van der Waals surface area contributed by atoms with Crippen molar-refractivity contribution in [2.45, 2.75) is 24.2 Å². The van der Waals surface area contributed by atoms with Gasteiger partial charge >= 0.3 is 42.4 Å². The molecule has 0 spiro atoms. The van der Waals surface area contributed by atoms with E-state index >= 15 is 0 Å². The molecule has 0 N–H and O–H groups in total. The van der Waals surface area contributed by atoms with Gasteiger partial charge in [-0.3, -0.25) is 12.9 Å². The van der Waals surface area contributed by atoms with Crippen LogP contribution in [0.3, 0.4) is 0 Å². The van der Waals surface area contributed by atoms with Gasteiger partial charge in [0.25, 0.3) is 0 Å². The van der Waals surface area contributed by atoms with Crippen molar-refractivity contribution in [1.29, 1.82) is 0 Å². The van der Waals surface area contributed by atoms with Crippen LogP contribution in [0.2, 0.25) is 0 Å². The van der Waals surface area contributed by atoms with Crippen LogP contribution in [-0.2, 0) is 11.8 Å². The largest absolute Gasteiger partial charge is 0.508 e. The quantitative estimate of drug-likeness (QED) is 0.396. The van der Waals surface area contributed by atoms with Crippen molar-refractivity contribution in [3.8, 4) is 0 Å². The molecule has 0 aliphatic carbocycles. The molecule has 0 amide bonds. The fraction of sp³-hybridized carbons (Fsp3) is 0.286. The predicted molar refractivity (Wildman–Crippen MR) is 78.2 cm³/mol. The van der Waals surface area contributed by atoms with E-state index in [-0.39, 0.29) is 16.8 Å². The van der Waals surface area contributed by atoms with Crippen molar-refractivity contribution in [2.75, 3.05) is 0 Å². The summed E-state index contributed by atoms with van der Waals surface area (Å²) in [7, 11) is 0. The summed E-state index contributed by atoms with van der Waals surface area (Å²) in [5, 5.41) is -0.535. The third kappa shape index (κ3) is 3.39. The molecule has 0 nitrogen and oxygen atoms in total. The van der Waals surface area contributed by atoms with Crippen LogP contribution in [-0.4, -0.2) is 30.5 Å². The fourth-order valence-corrected chi connectivity index (χ4v) is 5.22. The highest BCUT2D eigenvalue weighted by Crippen LogP contribution is 2.52. The second kappa shape index (κ2) is 6.69. The van der Waals surface area contributed by atoms with Crippen LogP contribution in [0.25, 0.3) is 10.8 Å². The lowest BCUT2D eigenvalue weighted by atomic mass is 9.91. The molecule has 0 fully saturated rings. The van der Waals surface area contributed by atoms with E-state index in [0.29, 0.717) is 0 Å². The molecule has 0 saturated carbocycles. The summed E-state index contributed by atoms with van der Waals surface area (Å²) < 4.78 is 132. The van der Waals surface area contributed by atoms with Gasteiger partial charge in [-0.1, -0.05) is 24.3 Å². The minimum Gasteiger partial charge on any atom is -0.296 e. The lowest BCUT2D eigenvalue weighted by molar-refractivity contribution is -0.301.